The highest BCUT2D eigenvalue weighted by Gasteiger charge is 2.26. The third kappa shape index (κ3) is 5.45. The molecular formula is C22H34N4O2. The largest absolute Gasteiger partial charge is 0.355 e. The van der Waals surface area contributed by atoms with Crippen LogP contribution in [0.3, 0.4) is 0 Å². The van der Waals surface area contributed by atoms with Crippen molar-refractivity contribution in [2.45, 2.75) is 66.3 Å². The maximum absolute atomic E-state index is 12.5. The Morgan fingerprint density at radius 3 is 2.54 bits per heavy atom. The second-order valence-electron chi connectivity index (χ2n) is 8.50. The van der Waals surface area contributed by atoms with Crippen LogP contribution in [0.1, 0.15) is 62.4 Å². The lowest BCUT2D eigenvalue weighted by Crippen LogP contribution is -2.49. The standard InChI is InChI=1S/C22H34N4O2/c1-14(2)20(26-10-8-15(3)9-11-26)13-24-21(27)7-6-18-16(4)19(12-23)22(28)25-17(18)5/h14-15,20H,6-11,13H2,1-5H3,(H,24,27)(H,25,28)/t20-/m1/s1. The number of carbonyl (C=O) groups is 1. The number of pyridine rings is 1. The van der Waals surface area contributed by atoms with Gasteiger partial charge in [-0.15, -0.1) is 0 Å². The maximum Gasteiger partial charge on any atom is 0.266 e. The predicted molar refractivity (Wildman–Crippen MR) is 111 cm³/mol. The van der Waals surface area contributed by atoms with Crippen LogP contribution in [0, 0.1) is 37.0 Å². The van der Waals surface area contributed by atoms with Crippen molar-refractivity contribution in [2.75, 3.05) is 19.6 Å². The van der Waals surface area contributed by atoms with Gasteiger partial charge in [-0.25, -0.2) is 0 Å². The van der Waals surface area contributed by atoms with Crippen molar-refractivity contribution in [1.29, 1.82) is 5.26 Å². The minimum atomic E-state index is -0.360. The highest BCUT2D eigenvalue weighted by molar-refractivity contribution is 5.76. The number of carbonyl (C=O) groups excluding carboxylic acids is 1. The van der Waals surface area contributed by atoms with Gasteiger partial charge >= 0.3 is 0 Å². The Hall–Kier alpha value is -2.13. The zero-order valence-corrected chi connectivity index (χ0v) is 17.9. The summed E-state index contributed by atoms with van der Waals surface area (Å²) in [6, 6.07) is 2.32. The van der Waals surface area contributed by atoms with E-state index < -0.39 is 0 Å². The molecule has 0 aromatic carbocycles. The van der Waals surface area contributed by atoms with E-state index in [2.05, 4.69) is 36.0 Å². The van der Waals surface area contributed by atoms with E-state index in [9.17, 15) is 14.9 Å². The van der Waals surface area contributed by atoms with Gasteiger partial charge in [0.15, 0.2) is 0 Å². The lowest BCUT2D eigenvalue weighted by molar-refractivity contribution is -0.121. The molecule has 6 heteroatoms. The molecule has 0 unspecified atom stereocenters. The van der Waals surface area contributed by atoms with Gasteiger partial charge in [-0.1, -0.05) is 20.8 Å². The Labute approximate surface area is 168 Å². The summed E-state index contributed by atoms with van der Waals surface area (Å²) in [6.07, 6.45) is 3.31. The Morgan fingerprint density at radius 1 is 1.32 bits per heavy atom. The van der Waals surface area contributed by atoms with E-state index in [0.717, 1.165) is 30.3 Å². The Kier molecular flexibility index (Phi) is 7.82. The van der Waals surface area contributed by atoms with Crippen molar-refractivity contribution >= 4 is 5.91 Å². The minimum absolute atomic E-state index is 0.0135. The van der Waals surface area contributed by atoms with E-state index in [1.54, 1.807) is 6.92 Å². The van der Waals surface area contributed by atoms with Crippen molar-refractivity contribution in [2.24, 2.45) is 11.8 Å². The highest BCUT2D eigenvalue weighted by atomic mass is 16.1. The average molecular weight is 387 g/mol. The molecule has 0 bridgehead atoms. The third-order valence-corrected chi connectivity index (χ3v) is 6.09. The second-order valence-corrected chi connectivity index (χ2v) is 8.50. The van der Waals surface area contributed by atoms with Crippen LogP contribution >= 0.6 is 0 Å². The normalized spacial score (nSPS) is 16.8. The van der Waals surface area contributed by atoms with E-state index >= 15 is 0 Å². The zero-order valence-electron chi connectivity index (χ0n) is 17.9. The van der Waals surface area contributed by atoms with E-state index in [0.29, 0.717) is 36.9 Å². The molecule has 1 aromatic heterocycles. The topological polar surface area (TPSA) is 89.0 Å². The molecule has 154 valence electrons. The van der Waals surface area contributed by atoms with Crippen LogP contribution < -0.4 is 10.9 Å². The fourth-order valence-corrected chi connectivity index (χ4v) is 4.11. The molecule has 1 aliphatic rings. The van der Waals surface area contributed by atoms with Crippen LogP contribution in [0.15, 0.2) is 4.79 Å². The minimum Gasteiger partial charge on any atom is -0.355 e. The lowest BCUT2D eigenvalue weighted by Gasteiger charge is -2.38. The molecule has 6 nitrogen and oxygen atoms in total. The SMILES string of the molecule is Cc1[nH]c(=O)c(C#N)c(C)c1CCC(=O)NC[C@H](C(C)C)N1CCC(C)CC1. The predicted octanol–water partition coefficient (Wildman–Crippen LogP) is 2.67. The molecule has 1 fully saturated rings. The molecule has 28 heavy (non-hydrogen) atoms. The van der Waals surface area contributed by atoms with E-state index in [-0.39, 0.29) is 17.0 Å². The first-order valence-corrected chi connectivity index (χ1v) is 10.4. The van der Waals surface area contributed by atoms with Gasteiger partial charge in [0.2, 0.25) is 5.91 Å². The first kappa shape index (κ1) is 22.2. The monoisotopic (exact) mass is 386 g/mol. The molecule has 0 aliphatic carbocycles. The molecule has 1 amide bonds. The Balaban J connectivity index is 1.94. The Morgan fingerprint density at radius 2 is 1.96 bits per heavy atom. The van der Waals surface area contributed by atoms with Gasteiger partial charge in [-0.3, -0.25) is 14.5 Å². The quantitative estimate of drug-likeness (QED) is 0.754. The van der Waals surface area contributed by atoms with Crippen LogP contribution in [-0.2, 0) is 11.2 Å². The van der Waals surface area contributed by atoms with E-state index in [4.69, 9.17) is 0 Å². The summed E-state index contributed by atoms with van der Waals surface area (Å²) in [5, 5.41) is 12.3. The molecule has 1 aromatic rings. The molecule has 1 atom stereocenters. The molecule has 0 saturated carbocycles. The summed E-state index contributed by atoms with van der Waals surface area (Å²) in [7, 11) is 0. The summed E-state index contributed by atoms with van der Waals surface area (Å²) >= 11 is 0. The summed E-state index contributed by atoms with van der Waals surface area (Å²) in [5.74, 6) is 1.29. The number of aromatic amines is 1. The number of nitrogens with one attached hydrogen (secondary N) is 2. The molecule has 0 radical (unpaired) electrons. The molecule has 2 heterocycles. The smallest absolute Gasteiger partial charge is 0.266 e. The third-order valence-electron chi connectivity index (χ3n) is 6.09. The molecule has 2 rings (SSSR count). The molecular weight excluding hydrogens is 352 g/mol. The number of aryl methyl sites for hydroxylation is 1. The summed E-state index contributed by atoms with van der Waals surface area (Å²) < 4.78 is 0. The molecule has 0 spiro atoms. The number of piperidine rings is 1. The van der Waals surface area contributed by atoms with Gasteiger partial charge in [0.1, 0.15) is 11.6 Å². The van der Waals surface area contributed by atoms with Crippen molar-refractivity contribution < 1.29 is 4.79 Å². The van der Waals surface area contributed by atoms with Gasteiger partial charge < -0.3 is 10.3 Å². The van der Waals surface area contributed by atoms with Gasteiger partial charge in [0, 0.05) is 24.7 Å². The number of hydrogen-bond acceptors (Lipinski definition) is 4. The van der Waals surface area contributed by atoms with Gasteiger partial charge in [0.25, 0.3) is 5.56 Å². The van der Waals surface area contributed by atoms with Gasteiger partial charge in [0.05, 0.1) is 0 Å². The van der Waals surface area contributed by atoms with Crippen molar-refractivity contribution in [3.63, 3.8) is 0 Å². The molecule has 1 saturated heterocycles. The molecule has 1 aliphatic heterocycles. The number of H-pyrrole nitrogens is 1. The number of rotatable bonds is 7. The maximum atomic E-state index is 12.5. The van der Waals surface area contributed by atoms with Crippen LogP contribution in [0.25, 0.3) is 0 Å². The summed E-state index contributed by atoms with van der Waals surface area (Å²) in [6.45, 7) is 13.2. The van der Waals surface area contributed by atoms with Crippen LogP contribution in [0.2, 0.25) is 0 Å². The van der Waals surface area contributed by atoms with Gasteiger partial charge in [-0.2, -0.15) is 5.26 Å². The Bertz CT molecular complexity index is 783. The van der Waals surface area contributed by atoms with Crippen molar-refractivity contribution in [1.82, 2.24) is 15.2 Å². The van der Waals surface area contributed by atoms with Crippen LogP contribution in [-0.4, -0.2) is 41.5 Å². The van der Waals surface area contributed by atoms with Crippen molar-refractivity contribution in [3.05, 3.63) is 32.7 Å². The number of nitrogens with zero attached hydrogens (tertiary/aromatic N) is 2. The zero-order chi connectivity index (χ0) is 20.8. The van der Waals surface area contributed by atoms with Crippen LogP contribution in [0.5, 0.6) is 0 Å². The van der Waals surface area contributed by atoms with E-state index in [1.807, 2.05) is 13.0 Å². The fourth-order valence-electron chi connectivity index (χ4n) is 4.11. The average Bonchev–Trinajstić information content (AvgIpc) is 2.63. The number of amides is 1. The highest BCUT2D eigenvalue weighted by Crippen LogP contribution is 2.21. The van der Waals surface area contributed by atoms with Crippen molar-refractivity contribution in [3.8, 4) is 6.07 Å². The van der Waals surface area contributed by atoms with E-state index in [1.165, 1.54) is 12.8 Å². The first-order chi connectivity index (χ1) is 13.2. The number of hydrogen-bond donors (Lipinski definition) is 2. The number of aromatic nitrogens is 1. The lowest BCUT2D eigenvalue weighted by atomic mass is 9.94. The molecule has 2 N–H and O–H groups in total. The summed E-state index contributed by atoms with van der Waals surface area (Å²) in [5.41, 5.74) is 2.08. The van der Waals surface area contributed by atoms with Crippen LogP contribution in [0.4, 0.5) is 0 Å². The fraction of sp³-hybridized carbons (Fsp3) is 0.682. The second kappa shape index (κ2) is 9.88. The first-order valence-electron chi connectivity index (χ1n) is 10.4. The number of nitriles is 1. The number of likely N-dealkylation sites (tertiary alicyclic amines) is 1. The van der Waals surface area contributed by atoms with Gasteiger partial charge in [-0.05, 0) is 69.2 Å². The summed E-state index contributed by atoms with van der Waals surface area (Å²) in [4.78, 5) is 29.5.